The first kappa shape index (κ1) is 14.2. The number of nitro groups is 1. The summed E-state index contributed by atoms with van der Waals surface area (Å²) < 4.78 is 0. The van der Waals surface area contributed by atoms with Crippen molar-refractivity contribution in [3.8, 4) is 0 Å². The van der Waals surface area contributed by atoms with Gasteiger partial charge in [-0.25, -0.2) is 4.98 Å². The number of aryl methyl sites for hydroxylation is 1. The highest BCUT2D eigenvalue weighted by molar-refractivity contribution is 7.09. The number of thiophene rings is 1. The molecule has 0 radical (unpaired) electrons. The topological polar surface area (TPSA) is 93.0 Å². The molecule has 2 heterocycles. The number of aromatic nitrogens is 2. The van der Waals surface area contributed by atoms with Crippen LogP contribution < -0.4 is 10.6 Å². The second-order valence-corrected chi connectivity index (χ2v) is 5.08. The largest absolute Gasteiger partial charge is 0.359 e. The van der Waals surface area contributed by atoms with Gasteiger partial charge in [0.25, 0.3) is 0 Å². The Kier molecular flexibility index (Phi) is 4.46. The standard InChI is InChI=1S/C12H15N5O2S/c1-3-13-12-15-8(2)10(17(18)19)11(16-12)14-7-9-5-4-6-20-9/h4-6H,3,7H2,1-2H3,(H2,13,14,15,16). The first-order chi connectivity index (χ1) is 9.61. The minimum absolute atomic E-state index is 0.0804. The van der Waals surface area contributed by atoms with Crippen LogP contribution in [0.15, 0.2) is 17.5 Å². The predicted molar refractivity (Wildman–Crippen MR) is 79.2 cm³/mol. The van der Waals surface area contributed by atoms with Crippen LogP contribution in [-0.2, 0) is 6.54 Å². The van der Waals surface area contributed by atoms with Crippen LogP contribution in [0.1, 0.15) is 17.5 Å². The third-order valence-electron chi connectivity index (χ3n) is 2.59. The molecule has 0 saturated heterocycles. The van der Waals surface area contributed by atoms with Crippen molar-refractivity contribution in [2.45, 2.75) is 20.4 Å². The molecule has 0 aliphatic rings. The van der Waals surface area contributed by atoms with E-state index in [2.05, 4.69) is 20.6 Å². The Morgan fingerprint density at radius 2 is 2.20 bits per heavy atom. The van der Waals surface area contributed by atoms with Gasteiger partial charge in [-0.3, -0.25) is 10.1 Å². The summed E-state index contributed by atoms with van der Waals surface area (Å²) in [5.74, 6) is 0.635. The average molecular weight is 293 g/mol. The average Bonchev–Trinajstić information content (AvgIpc) is 2.88. The first-order valence-electron chi connectivity index (χ1n) is 6.15. The molecule has 2 N–H and O–H groups in total. The normalized spacial score (nSPS) is 10.3. The van der Waals surface area contributed by atoms with Crippen molar-refractivity contribution in [2.24, 2.45) is 0 Å². The van der Waals surface area contributed by atoms with E-state index in [0.717, 1.165) is 4.88 Å². The zero-order valence-corrected chi connectivity index (χ0v) is 12.0. The summed E-state index contributed by atoms with van der Waals surface area (Å²) >= 11 is 1.58. The number of hydrogen-bond acceptors (Lipinski definition) is 7. The van der Waals surface area contributed by atoms with Crippen LogP contribution in [0.4, 0.5) is 17.5 Å². The van der Waals surface area contributed by atoms with Gasteiger partial charge in [-0.2, -0.15) is 4.98 Å². The third-order valence-corrected chi connectivity index (χ3v) is 3.46. The molecule has 2 rings (SSSR count). The molecule has 0 aromatic carbocycles. The van der Waals surface area contributed by atoms with Gasteiger partial charge in [0.2, 0.25) is 11.8 Å². The summed E-state index contributed by atoms with van der Waals surface area (Å²) in [4.78, 5) is 20.0. The van der Waals surface area contributed by atoms with Crippen LogP contribution in [0.3, 0.4) is 0 Å². The summed E-state index contributed by atoms with van der Waals surface area (Å²) in [5.41, 5.74) is 0.262. The fourth-order valence-electron chi connectivity index (χ4n) is 1.73. The Morgan fingerprint density at radius 1 is 1.40 bits per heavy atom. The lowest BCUT2D eigenvalue weighted by Gasteiger charge is -2.09. The van der Waals surface area contributed by atoms with Crippen LogP contribution in [0.5, 0.6) is 0 Å². The molecule has 0 fully saturated rings. The van der Waals surface area contributed by atoms with Gasteiger partial charge in [-0.15, -0.1) is 11.3 Å². The van der Waals surface area contributed by atoms with Crippen molar-refractivity contribution in [1.29, 1.82) is 0 Å². The number of hydrogen-bond donors (Lipinski definition) is 2. The Morgan fingerprint density at radius 3 is 2.80 bits per heavy atom. The zero-order valence-electron chi connectivity index (χ0n) is 11.2. The highest BCUT2D eigenvalue weighted by Crippen LogP contribution is 2.27. The maximum atomic E-state index is 11.1. The van der Waals surface area contributed by atoms with Crippen molar-refractivity contribution >= 4 is 28.8 Å². The third kappa shape index (κ3) is 3.21. The van der Waals surface area contributed by atoms with E-state index in [0.29, 0.717) is 24.7 Å². The first-order valence-corrected chi connectivity index (χ1v) is 7.03. The number of nitrogens with zero attached hydrogens (tertiary/aromatic N) is 3. The van der Waals surface area contributed by atoms with Crippen molar-refractivity contribution in [1.82, 2.24) is 9.97 Å². The predicted octanol–water partition coefficient (Wildman–Crippen LogP) is 2.80. The van der Waals surface area contributed by atoms with E-state index in [-0.39, 0.29) is 11.5 Å². The second-order valence-electron chi connectivity index (χ2n) is 4.05. The minimum atomic E-state index is -0.457. The summed E-state index contributed by atoms with van der Waals surface area (Å²) in [6.45, 7) is 4.68. The molecule has 2 aromatic rings. The smallest absolute Gasteiger partial charge is 0.332 e. The van der Waals surface area contributed by atoms with Crippen LogP contribution in [-0.4, -0.2) is 21.4 Å². The molecule has 0 saturated carbocycles. The summed E-state index contributed by atoms with van der Waals surface area (Å²) in [7, 11) is 0. The molecular formula is C12H15N5O2S. The lowest BCUT2D eigenvalue weighted by molar-refractivity contribution is -0.385. The molecule has 0 spiro atoms. The molecule has 0 bridgehead atoms. The lowest BCUT2D eigenvalue weighted by atomic mass is 10.3. The summed E-state index contributed by atoms with van der Waals surface area (Å²) in [6.07, 6.45) is 0. The van der Waals surface area contributed by atoms with E-state index in [1.165, 1.54) is 0 Å². The Labute approximate surface area is 120 Å². The van der Waals surface area contributed by atoms with Gasteiger partial charge in [0.15, 0.2) is 0 Å². The number of rotatable bonds is 6. The van der Waals surface area contributed by atoms with Crippen LogP contribution in [0.2, 0.25) is 0 Å². The van der Waals surface area contributed by atoms with Gasteiger partial charge in [0, 0.05) is 11.4 Å². The monoisotopic (exact) mass is 293 g/mol. The Bertz CT molecular complexity index is 600. The van der Waals surface area contributed by atoms with Gasteiger partial charge in [-0.1, -0.05) is 6.07 Å². The number of anilines is 2. The molecule has 0 unspecified atom stereocenters. The van der Waals surface area contributed by atoms with E-state index < -0.39 is 4.92 Å². The van der Waals surface area contributed by atoms with Crippen LogP contribution >= 0.6 is 11.3 Å². The Hall–Kier alpha value is -2.22. The molecule has 20 heavy (non-hydrogen) atoms. The summed E-state index contributed by atoms with van der Waals surface area (Å²) in [6, 6.07) is 3.90. The van der Waals surface area contributed by atoms with Crippen molar-refractivity contribution < 1.29 is 4.92 Å². The zero-order chi connectivity index (χ0) is 14.5. The van der Waals surface area contributed by atoms with Gasteiger partial charge < -0.3 is 10.6 Å². The van der Waals surface area contributed by atoms with Crippen LogP contribution in [0.25, 0.3) is 0 Å². The maximum absolute atomic E-state index is 11.1. The molecule has 0 aliphatic heterocycles. The molecule has 106 valence electrons. The van der Waals surface area contributed by atoms with Crippen LogP contribution in [0, 0.1) is 17.0 Å². The summed E-state index contributed by atoms with van der Waals surface area (Å²) in [5, 5.41) is 19.1. The molecule has 7 nitrogen and oxygen atoms in total. The number of nitrogens with one attached hydrogen (secondary N) is 2. The molecule has 0 amide bonds. The highest BCUT2D eigenvalue weighted by Gasteiger charge is 2.21. The van der Waals surface area contributed by atoms with E-state index in [1.807, 2.05) is 24.4 Å². The molecule has 8 heteroatoms. The van der Waals surface area contributed by atoms with E-state index in [9.17, 15) is 10.1 Å². The quantitative estimate of drug-likeness (QED) is 0.628. The highest BCUT2D eigenvalue weighted by atomic mass is 32.1. The van der Waals surface area contributed by atoms with Gasteiger partial charge in [0.05, 0.1) is 11.5 Å². The molecule has 2 aromatic heterocycles. The van der Waals surface area contributed by atoms with Crippen molar-refractivity contribution in [2.75, 3.05) is 17.2 Å². The van der Waals surface area contributed by atoms with E-state index >= 15 is 0 Å². The Balaban J connectivity index is 2.29. The van der Waals surface area contributed by atoms with Crippen molar-refractivity contribution in [3.05, 3.63) is 38.2 Å². The molecular weight excluding hydrogens is 278 g/mol. The second kappa shape index (κ2) is 6.29. The van der Waals surface area contributed by atoms with E-state index in [4.69, 9.17) is 0 Å². The van der Waals surface area contributed by atoms with Gasteiger partial charge in [0.1, 0.15) is 5.69 Å². The maximum Gasteiger partial charge on any atom is 0.332 e. The minimum Gasteiger partial charge on any atom is -0.359 e. The SMILES string of the molecule is CCNc1nc(C)c([N+](=O)[O-])c(NCc2cccs2)n1. The van der Waals surface area contributed by atoms with Crippen molar-refractivity contribution in [3.63, 3.8) is 0 Å². The lowest BCUT2D eigenvalue weighted by Crippen LogP contribution is -2.10. The van der Waals surface area contributed by atoms with Gasteiger partial charge >= 0.3 is 5.69 Å². The van der Waals surface area contributed by atoms with Gasteiger partial charge in [-0.05, 0) is 25.3 Å². The van der Waals surface area contributed by atoms with E-state index in [1.54, 1.807) is 18.3 Å². The fraction of sp³-hybridized carbons (Fsp3) is 0.333. The fourth-order valence-corrected chi connectivity index (χ4v) is 2.37. The molecule has 0 aliphatic carbocycles. The molecule has 0 atom stereocenters.